The van der Waals surface area contributed by atoms with Gasteiger partial charge >= 0.3 is 0 Å². The van der Waals surface area contributed by atoms with Crippen molar-refractivity contribution in [1.82, 2.24) is 19.8 Å². The number of carbonyl (C=O) groups is 1. The van der Waals surface area contributed by atoms with E-state index in [1.807, 2.05) is 4.90 Å². The summed E-state index contributed by atoms with van der Waals surface area (Å²) in [6.45, 7) is 2.91. The first-order valence-corrected chi connectivity index (χ1v) is 6.87. The predicted molar refractivity (Wildman–Crippen MR) is 68.7 cm³/mol. The van der Waals surface area contributed by atoms with Gasteiger partial charge in [-0.2, -0.15) is 0 Å². The second-order valence-electron chi connectivity index (χ2n) is 4.32. The molecule has 0 saturated carbocycles. The van der Waals surface area contributed by atoms with Crippen molar-refractivity contribution >= 4 is 17.4 Å². The molecule has 2 rings (SSSR count). The fraction of sp³-hybridized carbons (Fsp3) is 0.727. The van der Waals surface area contributed by atoms with Crippen LogP contribution in [0.5, 0.6) is 0 Å². The van der Waals surface area contributed by atoms with Crippen LogP contribution in [0.4, 0.5) is 0 Å². The fourth-order valence-corrected chi connectivity index (χ4v) is 2.56. The number of hydrogen-bond acceptors (Lipinski definition) is 6. The number of methoxy groups -OCH3 is 1. The van der Waals surface area contributed by atoms with Gasteiger partial charge in [0.1, 0.15) is 4.88 Å². The average Bonchev–Trinajstić information content (AvgIpc) is 3.06. The molecule has 0 aromatic carbocycles. The van der Waals surface area contributed by atoms with Crippen LogP contribution < -0.4 is 5.32 Å². The van der Waals surface area contributed by atoms with Crippen molar-refractivity contribution < 1.29 is 9.53 Å². The predicted octanol–water partition coefficient (Wildman–Crippen LogP) is 0.379. The monoisotopic (exact) mass is 270 g/mol. The fourth-order valence-electron chi connectivity index (χ4n) is 2.07. The number of aromatic nitrogens is 2. The Kier molecular flexibility index (Phi) is 5.03. The van der Waals surface area contributed by atoms with Crippen LogP contribution in [-0.4, -0.2) is 59.8 Å². The third-order valence-corrected chi connectivity index (χ3v) is 3.68. The van der Waals surface area contributed by atoms with E-state index in [9.17, 15) is 4.79 Å². The first kappa shape index (κ1) is 13.4. The zero-order valence-electron chi connectivity index (χ0n) is 10.5. The third-order valence-electron chi connectivity index (χ3n) is 3.03. The first-order chi connectivity index (χ1) is 8.81. The van der Waals surface area contributed by atoms with Crippen LogP contribution in [0.2, 0.25) is 0 Å². The molecule has 0 radical (unpaired) electrons. The van der Waals surface area contributed by atoms with Crippen molar-refractivity contribution in [2.24, 2.45) is 0 Å². The SMILES string of the molecule is COCCN(CC1CCCN1)C(=O)c1cnns1. The van der Waals surface area contributed by atoms with Gasteiger partial charge in [-0.3, -0.25) is 4.79 Å². The molecule has 0 bridgehead atoms. The van der Waals surface area contributed by atoms with E-state index in [0.29, 0.717) is 24.1 Å². The highest BCUT2D eigenvalue weighted by molar-refractivity contribution is 7.07. The standard InChI is InChI=1S/C11H18N4O2S/c1-17-6-5-15(8-9-3-2-4-12-9)11(16)10-7-13-14-18-10/h7,9,12H,2-6,8H2,1H3. The highest BCUT2D eigenvalue weighted by Gasteiger charge is 2.23. The van der Waals surface area contributed by atoms with E-state index < -0.39 is 0 Å². The van der Waals surface area contributed by atoms with E-state index in [2.05, 4.69) is 14.9 Å². The zero-order chi connectivity index (χ0) is 12.8. The van der Waals surface area contributed by atoms with Gasteiger partial charge in [0.05, 0.1) is 12.8 Å². The molecule has 1 N–H and O–H groups in total. The summed E-state index contributed by atoms with van der Waals surface area (Å²) < 4.78 is 8.80. The largest absolute Gasteiger partial charge is 0.383 e. The molecule has 1 saturated heterocycles. The lowest BCUT2D eigenvalue weighted by atomic mass is 10.2. The van der Waals surface area contributed by atoms with E-state index in [0.717, 1.165) is 31.0 Å². The van der Waals surface area contributed by atoms with Gasteiger partial charge in [-0.15, -0.1) is 5.10 Å². The molecule has 0 spiro atoms. The minimum Gasteiger partial charge on any atom is -0.383 e. The number of carbonyl (C=O) groups excluding carboxylic acids is 1. The average molecular weight is 270 g/mol. The van der Waals surface area contributed by atoms with Crippen molar-refractivity contribution in [1.29, 1.82) is 0 Å². The molecule has 1 fully saturated rings. The lowest BCUT2D eigenvalue weighted by Gasteiger charge is -2.24. The van der Waals surface area contributed by atoms with Crippen molar-refractivity contribution in [3.05, 3.63) is 11.1 Å². The summed E-state index contributed by atoms with van der Waals surface area (Å²) >= 11 is 1.14. The molecule has 1 unspecified atom stereocenters. The Morgan fingerprint density at radius 3 is 3.22 bits per heavy atom. The Labute approximate surface area is 110 Å². The number of nitrogens with one attached hydrogen (secondary N) is 1. The molecule has 1 atom stereocenters. The smallest absolute Gasteiger partial charge is 0.267 e. The van der Waals surface area contributed by atoms with E-state index in [1.165, 1.54) is 12.6 Å². The summed E-state index contributed by atoms with van der Waals surface area (Å²) in [6.07, 6.45) is 3.83. The summed E-state index contributed by atoms with van der Waals surface area (Å²) in [7, 11) is 1.64. The topological polar surface area (TPSA) is 67.3 Å². The highest BCUT2D eigenvalue weighted by Crippen LogP contribution is 2.11. The van der Waals surface area contributed by atoms with Crippen molar-refractivity contribution in [3.63, 3.8) is 0 Å². The summed E-state index contributed by atoms with van der Waals surface area (Å²) in [6, 6.07) is 0.395. The molecule has 1 aromatic rings. The van der Waals surface area contributed by atoms with Crippen molar-refractivity contribution in [3.8, 4) is 0 Å². The van der Waals surface area contributed by atoms with Crippen LogP contribution in [0.15, 0.2) is 6.20 Å². The van der Waals surface area contributed by atoms with Gasteiger partial charge in [0.15, 0.2) is 0 Å². The van der Waals surface area contributed by atoms with Gasteiger partial charge in [-0.05, 0) is 30.9 Å². The van der Waals surface area contributed by atoms with Gasteiger partial charge < -0.3 is 15.0 Å². The molecule has 1 aliphatic rings. The van der Waals surface area contributed by atoms with Crippen molar-refractivity contribution in [2.75, 3.05) is 33.4 Å². The molecule has 1 aromatic heterocycles. The minimum atomic E-state index is -0.00394. The summed E-state index contributed by atoms with van der Waals surface area (Å²) in [4.78, 5) is 14.7. The minimum absolute atomic E-state index is 0.00394. The number of ether oxygens (including phenoxy) is 1. The molecule has 6 nitrogen and oxygen atoms in total. The molecular formula is C11H18N4O2S. The maximum absolute atomic E-state index is 12.3. The summed E-state index contributed by atoms with van der Waals surface area (Å²) in [5.41, 5.74) is 0. The van der Waals surface area contributed by atoms with Gasteiger partial charge in [0.25, 0.3) is 5.91 Å². The molecule has 2 heterocycles. The van der Waals surface area contributed by atoms with E-state index >= 15 is 0 Å². The van der Waals surface area contributed by atoms with Gasteiger partial charge in [-0.1, -0.05) is 4.49 Å². The molecule has 1 amide bonds. The zero-order valence-corrected chi connectivity index (χ0v) is 11.3. The van der Waals surface area contributed by atoms with E-state index in [4.69, 9.17) is 4.74 Å². The molecule has 1 aliphatic heterocycles. The van der Waals surface area contributed by atoms with Crippen LogP contribution in [0, 0.1) is 0 Å². The molecule has 0 aliphatic carbocycles. The Hall–Kier alpha value is -1.05. The summed E-state index contributed by atoms with van der Waals surface area (Å²) in [5.74, 6) is -0.00394. The van der Waals surface area contributed by atoms with Crippen LogP contribution in [0.3, 0.4) is 0 Å². The van der Waals surface area contributed by atoms with Gasteiger partial charge in [0, 0.05) is 26.2 Å². The molecule has 7 heteroatoms. The molecule has 100 valence electrons. The van der Waals surface area contributed by atoms with Gasteiger partial charge in [0.2, 0.25) is 0 Å². The Morgan fingerprint density at radius 2 is 2.61 bits per heavy atom. The Balaban J connectivity index is 1.96. The number of nitrogens with zero attached hydrogens (tertiary/aromatic N) is 3. The van der Waals surface area contributed by atoms with Crippen molar-refractivity contribution in [2.45, 2.75) is 18.9 Å². The van der Waals surface area contributed by atoms with Crippen LogP contribution >= 0.6 is 11.5 Å². The Morgan fingerprint density at radius 1 is 1.72 bits per heavy atom. The van der Waals surface area contributed by atoms with E-state index in [1.54, 1.807) is 7.11 Å². The lowest BCUT2D eigenvalue weighted by molar-refractivity contribution is 0.0684. The molecule has 18 heavy (non-hydrogen) atoms. The first-order valence-electron chi connectivity index (χ1n) is 6.10. The highest BCUT2D eigenvalue weighted by atomic mass is 32.1. The third kappa shape index (κ3) is 3.47. The maximum atomic E-state index is 12.3. The number of amides is 1. The van der Waals surface area contributed by atoms with E-state index in [-0.39, 0.29) is 5.91 Å². The number of hydrogen-bond donors (Lipinski definition) is 1. The quantitative estimate of drug-likeness (QED) is 0.809. The van der Waals surface area contributed by atoms with Gasteiger partial charge in [-0.25, -0.2) is 0 Å². The Bertz CT molecular complexity index is 365. The van der Waals surface area contributed by atoms with Crippen LogP contribution in [-0.2, 0) is 4.74 Å². The normalized spacial score (nSPS) is 19.1. The maximum Gasteiger partial charge on any atom is 0.267 e. The van der Waals surface area contributed by atoms with Crippen LogP contribution in [0.25, 0.3) is 0 Å². The second-order valence-corrected chi connectivity index (χ2v) is 5.10. The van der Waals surface area contributed by atoms with Crippen LogP contribution in [0.1, 0.15) is 22.5 Å². The summed E-state index contributed by atoms with van der Waals surface area (Å²) in [5, 5.41) is 7.11. The number of rotatable bonds is 6. The lowest BCUT2D eigenvalue weighted by Crippen LogP contribution is -2.42. The molecular weight excluding hydrogens is 252 g/mol. The second kappa shape index (κ2) is 6.77.